The van der Waals surface area contributed by atoms with E-state index in [0.717, 1.165) is 0 Å². The van der Waals surface area contributed by atoms with Crippen molar-refractivity contribution in [3.05, 3.63) is 28.2 Å². The van der Waals surface area contributed by atoms with Crippen molar-refractivity contribution in [1.82, 2.24) is 5.32 Å². The summed E-state index contributed by atoms with van der Waals surface area (Å²) in [6.45, 7) is 5.21. The van der Waals surface area contributed by atoms with Crippen LogP contribution in [0.15, 0.2) is 22.7 Å². The Labute approximate surface area is 137 Å². The van der Waals surface area contributed by atoms with Crippen molar-refractivity contribution in [3.63, 3.8) is 0 Å². The van der Waals surface area contributed by atoms with Crippen LogP contribution in [0.1, 0.15) is 38.8 Å². The highest BCUT2D eigenvalue weighted by Crippen LogP contribution is 2.30. The minimum Gasteiger partial charge on any atom is -0.497 e. The zero-order chi connectivity index (χ0) is 16.9. The molecule has 1 aromatic carbocycles. The topological polar surface area (TPSA) is 84.9 Å². The molecule has 0 aliphatic heterocycles. The second-order valence-corrected chi connectivity index (χ2v) is 6.54. The molecule has 0 radical (unpaired) electrons. The third-order valence-electron chi connectivity index (χ3n) is 2.65. The molecule has 7 heteroatoms. The Balaban J connectivity index is 3.03. The molecule has 22 heavy (non-hydrogen) atoms. The number of hydrogen-bond acceptors (Lipinski definition) is 4. The van der Waals surface area contributed by atoms with Gasteiger partial charge in [0.25, 0.3) is 0 Å². The van der Waals surface area contributed by atoms with Gasteiger partial charge in [-0.1, -0.05) is 15.9 Å². The number of hydrogen-bond donors (Lipinski definition) is 2. The summed E-state index contributed by atoms with van der Waals surface area (Å²) in [5, 5.41) is 11.7. The van der Waals surface area contributed by atoms with E-state index in [4.69, 9.17) is 14.6 Å². The highest BCUT2D eigenvalue weighted by molar-refractivity contribution is 9.10. The number of nitrogens with one attached hydrogen (secondary N) is 1. The number of aliphatic carboxylic acids is 1. The number of carbonyl (C=O) groups is 2. The van der Waals surface area contributed by atoms with Crippen LogP contribution < -0.4 is 10.1 Å². The molecule has 0 spiro atoms. The Bertz CT molecular complexity index is 553. The molecule has 6 nitrogen and oxygen atoms in total. The molecular formula is C15H20BrNO5. The molecule has 1 aromatic rings. The summed E-state index contributed by atoms with van der Waals surface area (Å²) in [5.41, 5.74) is -0.0590. The van der Waals surface area contributed by atoms with E-state index in [-0.39, 0.29) is 6.42 Å². The monoisotopic (exact) mass is 373 g/mol. The number of ether oxygens (including phenoxy) is 2. The largest absolute Gasteiger partial charge is 0.497 e. The number of carboxylic acid groups (broad SMARTS) is 1. The van der Waals surface area contributed by atoms with Crippen LogP contribution in [0.2, 0.25) is 0 Å². The van der Waals surface area contributed by atoms with E-state index < -0.39 is 23.7 Å². The molecule has 0 aromatic heterocycles. The Kier molecular flexibility index (Phi) is 6.22. The molecule has 2 N–H and O–H groups in total. The lowest BCUT2D eigenvalue weighted by Gasteiger charge is -2.24. The summed E-state index contributed by atoms with van der Waals surface area (Å²) in [6, 6.07) is 4.41. The van der Waals surface area contributed by atoms with Gasteiger partial charge in [-0.15, -0.1) is 0 Å². The first kappa shape index (κ1) is 18.3. The van der Waals surface area contributed by atoms with Crippen LogP contribution in [0.4, 0.5) is 4.79 Å². The fourth-order valence-corrected chi connectivity index (χ4v) is 2.30. The summed E-state index contributed by atoms with van der Waals surface area (Å²) >= 11 is 3.36. The normalized spacial score (nSPS) is 12.4. The first-order valence-electron chi connectivity index (χ1n) is 6.67. The van der Waals surface area contributed by atoms with Crippen molar-refractivity contribution in [2.75, 3.05) is 7.11 Å². The van der Waals surface area contributed by atoms with Gasteiger partial charge in [0.15, 0.2) is 0 Å². The summed E-state index contributed by atoms with van der Waals surface area (Å²) < 4.78 is 11.0. The lowest BCUT2D eigenvalue weighted by Crippen LogP contribution is -2.36. The maximum atomic E-state index is 11.9. The second-order valence-electron chi connectivity index (χ2n) is 5.68. The van der Waals surface area contributed by atoms with Crippen molar-refractivity contribution in [2.45, 2.75) is 38.8 Å². The Morgan fingerprint density at radius 3 is 2.50 bits per heavy atom. The maximum absolute atomic E-state index is 11.9. The third-order valence-corrected chi connectivity index (χ3v) is 3.37. The van der Waals surface area contributed by atoms with Crippen LogP contribution in [-0.4, -0.2) is 29.9 Å². The zero-order valence-electron chi connectivity index (χ0n) is 13.0. The number of carboxylic acids is 1. The van der Waals surface area contributed by atoms with Crippen LogP contribution in [0.5, 0.6) is 5.75 Å². The van der Waals surface area contributed by atoms with E-state index in [2.05, 4.69) is 21.2 Å². The van der Waals surface area contributed by atoms with Gasteiger partial charge in [0.2, 0.25) is 0 Å². The van der Waals surface area contributed by atoms with Gasteiger partial charge in [-0.2, -0.15) is 0 Å². The van der Waals surface area contributed by atoms with Crippen LogP contribution in [0, 0.1) is 0 Å². The van der Waals surface area contributed by atoms with E-state index in [9.17, 15) is 9.59 Å². The summed E-state index contributed by atoms with van der Waals surface area (Å²) in [7, 11) is 1.51. The molecule has 0 saturated carbocycles. The lowest BCUT2D eigenvalue weighted by molar-refractivity contribution is -0.137. The molecule has 0 aliphatic rings. The maximum Gasteiger partial charge on any atom is 0.408 e. The van der Waals surface area contributed by atoms with Crippen molar-refractivity contribution in [1.29, 1.82) is 0 Å². The van der Waals surface area contributed by atoms with Gasteiger partial charge in [0, 0.05) is 4.47 Å². The van der Waals surface area contributed by atoms with Gasteiger partial charge in [-0.25, -0.2) is 4.79 Å². The predicted molar refractivity (Wildman–Crippen MR) is 85.1 cm³/mol. The SMILES string of the molecule is COc1ccc(Br)c([C@@H](CC(=O)O)NC(=O)OC(C)(C)C)c1. The van der Waals surface area contributed by atoms with Gasteiger partial charge in [0.05, 0.1) is 19.6 Å². The molecule has 0 unspecified atom stereocenters. The Hall–Kier alpha value is -1.76. The number of halogens is 1. The number of alkyl carbamates (subject to hydrolysis) is 1. The highest BCUT2D eigenvalue weighted by Gasteiger charge is 2.24. The van der Waals surface area contributed by atoms with Gasteiger partial charge < -0.3 is 19.9 Å². The first-order chi connectivity index (χ1) is 10.1. The van der Waals surface area contributed by atoms with Crippen molar-refractivity contribution >= 4 is 28.0 Å². The summed E-state index contributed by atoms with van der Waals surface area (Å²) in [5.74, 6) is -0.463. The number of carbonyl (C=O) groups excluding carboxylic acids is 1. The van der Waals surface area contributed by atoms with E-state index >= 15 is 0 Å². The number of benzene rings is 1. The van der Waals surface area contributed by atoms with Crippen LogP contribution in [0.3, 0.4) is 0 Å². The Morgan fingerprint density at radius 1 is 1.36 bits per heavy atom. The van der Waals surface area contributed by atoms with E-state index in [0.29, 0.717) is 15.8 Å². The lowest BCUT2D eigenvalue weighted by atomic mass is 10.0. The molecular weight excluding hydrogens is 354 g/mol. The molecule has 1 rings (SSSR count). The van der Waals surface area contributed by atoms with E-state index in [1.54, 1.807) is 39.0 Å². The first-order valence-corrected chi connectivity index (χ1v) is 7.46. The molecule has 0 saturated heterocycles. The minimum absolute atomic E-state index is 0.273. The van der Waals surface area contributed by atoms with Gasteiger partial charge >= 0.3 is 12.1 Å². The molecule has 0 bridgehead atoms. The summed E-state index contributed by atoms with van der Waals surface area (Å²) in [4.78, 5) is 23.0. The van der Waals surface area contributed by atoms with E-state index in [1.165, 1.54) is 7.11 Å². The molecule has 0 heterocycles. The average Bonchev–Trinajstić information content (AvgIpc) is 2.35. The highest BCUT2D eigenvalue weighted by atomic mass is 79.9. The fourth-order valence-electron chi connectivity index (χ4n) is 1.78. The van der Waals surface area contributed by atoms with Gasteiger partial charge in [0.1, 0.15) is 11.4 Å². The average molecular weight is 374 g/mol. The molecule has 0 fully saturated rings. The van der Waals surface area contributed by atoms with Crippen LogP contribution >= 0.6 is 15.9 Å². The number of methoxy groups -OCH3 is 1. The van der Waals surface area contributed by atoms with Gasteiger partial charge in [-0.3, -0.25) is 4.79 Å². The Morgan fingerprint density at radius 2 is 2.00 bits per heavy atom. The molecule has 1 amide bonds. The molecule has 122 valence electrons. The van der Waals surface area contributed by atoms with Crippen molar-refractivity contribution in [2.24, 2.45) is 0 Å². The van der Waals surface area contributed by atoms with Gasteiger partial charge in [-0.05, 0) is 44.5 Å². The molecule has 0 aliphatic carbocycles. The van der Waals surface area contributed by atoms with Crippen molar-refractivity contribution in [3.8, 4) is 5.75 Å². The van der Waals surface area contributed by atoms with Crippen LogP contribution in [0.25, 0.3) is 0 Å². The zero-order valence-corrected chi connectivity index (χ0v) is 14.6. The smallest absolute Gasteiger partial charge is 0.408 e. The fraction of sp³-hybridized carbons (Fsp3) is 0.467. The third kappa shape index (κ3) is 5.93. The van der Waals surface area contributed by atoms with E-state index in [1.807, 2.05) is 0 Å². The molecule has 1 atom stereocenters. The van der Waals surface area contributed by atoms with Crippen LogP contribution in [-0.2, 0) is 9.53 Å². The quantitative estimate of drug-likeness (QED) is 0.824. The standard InChI is InChI=1S/C15H20BrNO5/c1-15(2,3)22-14(20)17-12(8-13(18)19)10-7-9(21-4)5-6-11(10)16/h5-7,12H,8H2,1-4H3,(H,17,20)(H,18,19)/t12-/m1/s1. The predicted octanol–water partition coefficient (Wildman–Crippen LogP) is 3.50. The van der Waals surface area contributed by atoms with Crippen molar-refractivity contribution < 1.29 is 24.2 Å². The minimum atomic E-state index is -1.03. The second kappa shape index (κ2) is 7.49. The number of amides is 1. The summed E-state index contributed by atoms with van der Waals surface area (Å²) in [6.07, 6.45) is -0.946. The number of rotatable bonds is 5.